The summed E-state index contributed by atoms with van der Waals surface area (Å²) in [5.74, 6) is -1.21. The number of nitrogens with zero attached hydrogens (tertiary/aromatic N) is 4. The molecule has 0 aromatic carbocycles. The predicted molar refractivity (Wildman–Crippen MR) is 122 cm³/mol. The van der Waals surface area contributed by atoms with E-state index < -0.39 is 17.7 Å². The van der Waals surface area contributed by atoms with E-state index in [1.165, 1.54) is 9.80 Å². The first-order valence-corrected chi connectivity index (χ1v) is 10.7. The maximum Gasteiger partial charge on any atom is 0.239 e. The van der Waals surface area contributed by atoms with Crippen molar-refractivity contribution in [3.63, 3.8) is 0 Å². The van der Waals surface area contributed by atoms with E-state index in [-0.39, 0.29) is 59.1 Å². The molecule has 34 heavy (non-hydrogen) atoms. The van der Waals surface area contributed by atoms with Gasteiger partial charge in [0, 0.05) is 31.9 Å². The molecule has 12 nitrogen and oxygen atoms in total. The third kappa shape index (κ3) is 9.48. The van der Waals surface area contributed by atoms with Gasteiger partial charge in [0.1, 0.15) is 6.61 Å². The zero-order valence-electron chi connectivity index (χ0n) is 18.8. The fourth-order valence-electron chi connectivity index (χ4n) is 2.99. The van der Waals surface area contributed by atoms with Gasteiger partial charge in [-0.25, -0.2) is 4.98 Å². The fraction of sp³-hybridized carbons (Fsp3) is 0.409. The van der Waals surface area contributed by atoms with Gasteiger partial charge in [-0.2, -0.15) is 0 Å². The number of primary amides is 1. The zero-order chi connectivity index (χ0) is 24.8. The van der Waals surface area contributed by atoms with E-state index in [1.54, 1.807) is 24.4 Å². The maximum absolute atomic E-state index is 12.7. The van der Waals surface area contributed by atoms with Crippen LogP contribution in [0.15, 0.2) is 42.6 Å². The van der Waals surface area contributed by atoms with Crippen molar-refractivity contribution in [2.45, 2.75) is 0 Å². The Morgan fingerprint density at radius 1 is 0.971 bits per heavy atom. The molecule has 2 aromatic rings. The van der Waals surface area contributed by atoms with Crippen LogP contribution >= 0.6 is 0 Å². The van der Waals surface area contributed by atoms with E-state index in [4.69, 9.17) is 15.6 Å². The molecular formula is C22H30N6O6. The summed E-state index contributed by atoms with van der Waals surface area (Å²) in [6.45, 7) is -0.949. The summed E-state index contributed by atoms with van der Waals surface area (Å²) in [5.41, 5.74) is 6.65. The Bertz CT molecular complexity index is 929. The number of hydrogen-bond acceptors (Lipinski definition) is 9. The van der Waals surface area contributed by atoms with E-state index in [9.17, 15) is 19.5 Å². The number of nitrogens with one attached hydrogen (secondary N) is 1. The second-order valence-electron chi connectivity index (χ2n) is 7.21. The van der Waals surface area contributed by atoms with Gasteiger partial charge in [-0.05, 0) is 18.2 Å². The summed E-state index contributed by atoms with van der Waals surface area (Å²) in [4.78, 5) is 47.4. The molecule has 0 saturated heterocycles. The smallest absolute Gasteiger partial charge is 0.239 e. The molecule has 0 spiro atoms. The Balaban J connectivity index is 1.95. The molecule has 3 amide bonds. The maximum atomic E-state index is 12.7. The van der Waals surface area contributed by atoms with Crippen molar-refractivity contribution in [3.05, 3.63) is 42.6 Å². The number of ether oxygens (including phenoxy) is 1. The normalized spacial score (nSPS) is 10.7. The standard InChI is InChI=1S/C22H30N6O6/c23-19(31)14-27(16-22(33)28(9-12-30)15-20(32)25-8-11-29)10-13-34-21-6-3-5-18(26-21)17-4-1-2-7-24-17/h1-7,29-30H,8-16H2,(H2,23,31)(H,25,32). The number of aliphatic hydroxyl groups excluding tert-OH is 2. The van der Waals surface area contributed by atoms with Gasteiger partial charge in [-0.1, -0.05) is 12.1 Å². The van der Waals surface area contributed by atoms with Crippen molar-refractivity contribution in [2.24, 2.45) is 5.73 Å². The van der Waals surface area contributed by atoms with Crippen LogP contribution < -0.4 is 15.8 Å². The first-order valence-electron chi connectivity index (χ1n) is 10.7. The molecule has 0 atom stereocenters. The Morgan fingerprint density at radius 2 is 1.76 bits per heavy atom. The number of aliphatic hydroxyl groups is 2. The average Bonchev–Trinajstić information content (AvgIpc) is 2.82. The SMILES string of the molecule is NC(=O)CN(CCOc1cccc(-c2ccccn2)n1)CC(=O)N(CCO)CC(=O)NCCO. The van der Waals surface area contributed by atoms with Crippen molar-refractivity contribution in [2.75, 3.05) is 59.1 Å². The molecule has 0 radical (unpaired) electrons. The monoisotopic (exact) mass is 474 g/mol. The van der Waals surface area contributed by atoms with Gasteiger partial charge < -0.3 is 30.9 Å². The zero-order valence-corrected chi connectivity index (χ0v) is 18.8. The Labute approximate surface area is 197 Å². The third-order valence-corrected chi connectivity index (χ3v) is 4.54. The summed E-state index contributed by atoms with van der Waals surface area (Å²) in [6, 6.07) is 10.8. The lowest BCUT2D eigenvalue weighted by molar-refractivity contribution is -0.138. The predicted octanol–water partition coefficient (Wildman–Crippen LogP) is -1.76. The Kier molecular flexibility index (Phi) is 11.4. The number of hydrogen-bond donors (Lipinski definition) is 4. The molecule has 184 valence electrons. The number of carbonyl (C=O) groups is 3. The second-order valence-corrected chi connectivity index (χ2v) is 7.21. The van der Waals surface area contributed by atoms with Gasteiger partial charge in [-0.15, -0.1) is 0 Å². The van der Waals surface area contributed by atoms with Crippen molar-refractivity contribution in [3.8, 4) is 17.3 Å². The van der Waals surface area contributed by atoms with Crippen molar-refractivity contribution in [1.29, 1.82) is 0 Å². The van der Waals surface area contributed by atoms with Gasteiger partial charge >= 0.3 is 0 Å². The highest BCUT2D eigenvalue weighted by Crippen LogP contribution is 2.17. The van der Waals surface area contributed by atoms with Crippen LogP contribution in [0, 0.1) is 0 Å². The molecule has 5 N–H and O–H groups in total. The summed E-state index contributed by atoms with van der Waals surface area (Å²) >= 11 is 0. The van der Waals surface area contributed by atoms with E-state index in [0.29, 0.717) is 17.3 Å². The van der Waals surface area contributed by atoms with Crippen LogP contribution in [0.4, 0.5) is 0 Å². The summed E-state index contributed by atoms with van der Waals surface area (Å²) in [5, 5.41) is 20.5. The van der Waals surface area contributed by atoms with Gasteiger partial charge in [0.2, 0.25) is 23.6 Å². The highest BCUT2D eigenvalue weighted by atomic mass is 16.5. The lowest BCUT2D eigenvalue weighted by atomic mass is 10.2. The number of aromatic nitrogens is 2. The van der Waals surface area contributed by atoms with E-state index in [2.05, 4.69) is 15.3 Å². The quantitative estimate of drug-likeness (QED) is 0.233. The van der Waals surface area contributed by atoms with Gasteiger partial charge in [0.15, 0.2) is 0 Å². The molecule has 0 bridgehead atoms. The van der Waals surface area contributed by atoms with Crippen LogP contribution in [-0.2, 0) is 14.4 Å². The third-order valence-electron chi connectivity index (χ3n) is 4.54. The van der Waals surface area contributed by atoms with Crippen LogP contribution in [0.5, 0.6) is 5.88 Å². The van der Waals surface area contributed by atoms with E-state index >= 15 is 0 Å². The van der Waals surface area contributed by atoms with Crippen LogP contribution in [0.2, 0.25) is 0 Å². The highest BCUT2D eigenvalue weighted by Gasteiger charge is 2.20. The molecule has 0 saturated carbocycles. The minimum Gasteiger partial charge on any atom is -0.476 e. The van der Waals surface area contributed by atoms with Gasteiger partial charge in [0.05, 0.1) is 44.2 Å². The lowest BCUT2D eigenvalue weighted by Gasteiger charge is -2.26. The molecule has 0 unspecified atom stereocenters. The van der Waals surface area contributed by atoms with Gasteiger partial charge in [-0.3, -0.25) is 24.3 Å². The number of amides is 3. The largest absolute Gasteiger partial charge is 0.476 e. The van der Waals surface area contributed by atoms with E-state index in [1.807, 2.05) is 18.2 Å². The number of rotatable bonds is 15. The summed E-state index contributed by atoms with van der Waals surface area (Å²) in [7, 11) is 0. The Morgan fingerprint density at radius 3 is 2.44 bits per heavy atom. The minimum atomic E-state index is -0.627. The van der Waals surface area contributed by atoms with Crippen LogP contribution in [0.25, 0.3) is 11.4 Å². The highest BCUT2D eigenvalue weighted by molar-refractivity contribution is 5.86. The Hall–Kier alpha value is -3.61. The number of nitrogens with two attached hydrogens (primary N) is 1. The van der Waals surface area contributed by atoms with Gasteiger partial charge in [0.25, 0.3) is 0 Å². The lowest BCUT2D eigenvalue weighted by Crippen LogP contribution is -2.48. The number of carbonyl (C=O) groups excluding carboxylic acids is 3. The average molecular weight is 475 g/mol. The molecular weight excluding hydrogens is 444 g/mol. The second kappa shape index (κ2) is 14.5. The van der Waals surface area contributed by atoms with E-state index in [0.717, 1.165) is 0 Å². The van der Waals surface area contributed by atoms with Crippen molar-refractivity contribution >= 4 is 17.7 Å². The first kappa shape index (κ1) is 26.6. The minimum absolute atomic E-state index is 0.0562. The summed E-state index contributed by atoms with van der Waals surface area (Å²) < 4.78 is 5.69. The van der Waals surface area contributed by atoms with Crippen LogP contribution in [0.1, 0.15) is 0 Å². The first-order chi connectivity index (χ1) is 16.4. The molecule has 2 aromatic heterocycles. The van der Waals surface area contributed by atoms with Crippen molar-refractivity contribution in [1.82, 2.24) is 25.1 Å². The van der Waals surface area contributed by atoms with Crippen LogP contribution in [-0.4, -0.2) is 107 Å². The molecule has 0 aliphatic heterocycles. The molecule has 12 heteroatoms. The summed E-state index contributed by atoms with van der Waals surface area (Å²) in [6.07, 6.45) is 1.67. The molecule has 2 heterocycles. The number of pyridine rings is 2. The van der Waals surface area contributed by atoms with Crippen molar-refractivity contribution < 1.29 is 29.3 Å². The topological polar surface area (TPSA) is 171 Å². The fourth-order valence-corrected chi connectivity index (χ4v) is 2.99. The molecule has 0 fully saturated rings. The molecule has 0 aliphatic rings. The van der Waals surface area contributed by atoms with Crippen LogP contribution in [0.3, 0.4) is 0 Å². The molecule has 2 rings (SSSR count). The molecule has 0 aliphatic carbocycles.